The number of ketones is 1. The standard InChI is InChI=1S/C30H31NO4/c1-3-20-35-25-16-14-24(15-17-25)28(32)26-27(23-12-10-21(4-2)11-13-23)31(30(34)29(26)33)19-18-22-8-6-5-7-9-22/h5-17,27,32H,3-4,18-20H2,1-2H3/t27-/m1/s1. The molecule has 1 heterocycles. The third-order valence-electron chi connectivity index (χ3n) is 6.33. The minimum atomic E-state index is -0.661. The number of nitrogens with zero attached hydrogens (tertiary/aromatic N) is 1. The monoisotopic (exact) mass is 469 g/mol. The summed E-state index contributed by atoms with van der Waals surface area (Å²) in [6.45, 7) is 5.08. The van der Waals surface area contributed by atoms with Crippen LogP contribution in [0.15, 0.2) is 84.4 Å². The zero-order chi connectivity index (χ0) is 24.8. The average molecular weight is 470 g/mol. The number of benzene rings is 3. The molecule has 0 aromatic heterocycles. The molecule has 5 nitrogen and oxygen atoms in total. The highest BCUT2D eigenvalue weighted by Gasteiger charge is 2.45. The predicted octanol–water partition coefficient (Wildman–Crippen LogP) is 5.70. The first-order valence-electron chi connectivity index (χ1n) is 12.2. The van der Waals surface area contributed by atoms with Crippen molar-refractivity contribution in [1.82, 2.24) is 4.90 Å². The highest BCUT2D eigenvalue weighted by molar-refractivity contribution is 6.46. The van der Waals surface area contributed by atoms with E-state index in [-0.39, 0.29) is 11.3 Å². The van der Waals surface area contributed by atoms with Crippen LogP contribution in [0, 0.1) is 0 Å². The van der Waals surface area contributed by atoms with Crippen molar-refractivity contribution in [3.63, 3.8) is 0 Å². The molecule has 0 radical (unpaired) electrons. The highest BCUT2D eigenvalue weighted by atomic mass is 16.5. The Morgan fingerprint density at radius 3 is 2.20 bits per heavy atom. The van der Waals surface area contributed by atoms with E-state index >= 15 is 0 Å². The molecule has 3 aromatic rings. The maximum Gasteiger partial charge on any atom is 0.295 e. The first kappa shape index (κ1) is 24.3. The molecule has 0 spiro atoms. The summed E-state index contributed by atoms with van der Waals surface area (Å²) in [5.41, 5.74) is 3.65. The number of likely N-dealkylation sites (tertiary alicyclic amines) is 1. The summed E-state index contributed by atoms with van der Waals surface area (Å²) in [6, 6.07) is 24.1. The van der Waals surface area contributed by atoms with E-state index in [0.717, 1.165) is 29.5 Å². The van der Waals surface area contributed by atoms with Crippen LogP contribution < -0.4 is 4.74 Å². The second-order valence-electron chi connectivity index (χ2n) is 8.70. The van der Waals surface area contributed by atoms with Crippen molar-refractivity contribution in [3.8, 4) is 5.75 Å². The van der Waals surface area contributed by atoms with Crippen molar-refractivity contribution in [2.45, 2.75) is 39.2 Å². The lowest BCUT2D eigenvalue weighted by molar-refractivity contribution is -0.139. The lowest BCUT2D eigenvalue weighted by Gasteiger charge is -2.25. The molecule has 1 saturated heterocycles. The molecule has 4 rings (SSSR count). The topological polar surface area (TPSA) is 66.8 Å². The number of ether oxygens (including phenoxy) is 1. The summed E-state index contributed by atoms with van der Waals surface area (Å²) in [6.07, 6.45) is 2.40. The summed E-state index contributed by atoms with van der Waals surface area (Å²) in [5, 5.41) is 11.3. The van der Waals surface area contributed by atoms with Crippen LogP contribution in [-0.4, -0.2) is 34.8 Å². The average Bonchev–Trinajstić information content (AvgIpc) is 3.16. The van der Waals surface area contributed by atoms with Gasteiger partial charge >= 0.3 is 0 Å². The summed E-state index contributed by atoms with van der Waals surface area (Å²) in [4.78, 5) is 28.0. The molecule has 1 aliphatic heterocycles. The molecule has 3 aromatic carbocycles. The normalized spacial score (nSPS) is 17.1. The number of aryl methyl sites for hydroxylation is 1. The van der Waals surface area contributed by atoms with Crippen molar-refractivity contribution >= 4 is 17.4 Å². The smallest absolute Gasteiger partial charge is 0.295 e. The van der Waals surface area contributed by atoms with Crippen molar-refractivity contribution in [3.05, 3.63) is 107 Å². The van der Waals surface area contributed by atoms with E-state index < -0.39 is 17.7 Å². The van der Waals surface area contributed by atoms with Gasteiger partial charge in [-0.3, -0.25) is 9.59 Å². The van der Waals surface area contributed by atoms with Crippen LogP contribution in [0.2, 0.25) is 0 Å². The number of Topliss-reactive ketones (excluding diaryl/α,β-unsaturated/α-hetero) is 1. The van der Waals surface area contributed by atoms with Crippen molar-refractivity contribution in [2.24, 2.45) is 0 Å². The maximum absolute atomic E-state index is 13.2. The molecule has 0 unspecified atom stereocenters. The Morgan fingerprint density at radius 1 is 0.886 bits per heavy atom. The van der Waals surface area contributed by atoms with Crippen LogP contribution in [0.4, 0.5) is 0 Å². The molecule has 1 atom stereocenters. The SMILES string of the molecule is CCCOc1ccc(C(O)=C2C(=O)C(=O)N(CCc3ccccc3)[C@@H]2c2ccc(CC)cc2)cc1. The van der Waals surface area contributed by atoms with Gasteiger partial charge in [0.15, 0.2) is 0 Å². The Balaban J connectivity index is 1.72. The molecule has 1 fully saturated rings. The highest BCUT2D eigenvalue weighted by Crippen LogP contribution is 2.39. The summed E-state index contributed by atoms with van der Waals surface area (Å²) in [7, 11) is 0. The summed E-state index contributed by atoms with van der Waals surface area (Å²) < 4.78 is 5.63. The number of rotatable bonds is 9. The Kier molecular flexibility index (Phi) is 7.66. The van der Waals surface area contributed by atoms with Gasteiger partial charge in [0.05, 0.1) is 18.2 Å². The van der Waals surface area contributed by atoms with Crippen LogP contribution in [0.3, 0.4) is 0 Å². The minimum Gasteiger partial charge on any atom is -0.507 e. The lowest BCUT2D eigenvalue weighted by Crippen LogP contribution is -2.31. The van der Waals surface area contributed by atoms with Crippen molar-refractivity contribution in [2.75, 3.05) is 13.2 Å². The fourth-order valence-corrected chi connectivity index (χ4v) is 4.37. The predicted molar refractivity (Wildman–Crippen MR) is 137 cm³/mol. The molecule has 1 aliphatic rings. The second kappa shape index (κ2) is 11.0. The zero-order valence-corrected chi connectivity index (χ0v) is 20.2. The summed E-state index contributed by atoms with van der Waals surface area (Å²) in [5.74, 6) is -0.725. The van der Waals surface area contributed by atoms with Gasteiger partial charge in [-0.1, -0.05) is 68.4 Å². The molecular formula is C30H31NO4. The van der Waals surface area contributed by atoms with Crippen molar-refractivity contribution in [1.29, 1.82) is 0 Å². The molecule has 35 heavy (non-hydrogen) atoms. The molecule has 1 amide bonds. The molecule has 1 N–H and O–H groups in total. The van der Waals surface area contributed by atoms with Gasteiger partial charge in [0.25, 0.3) is 11.7 Å². The van der Waals surface area contributed by atoms with Gasteiger partial charge < -0.3 is 14.7 Å². The van der Waals surface area contributed by atoms with E-state index in [9.17, 15) is 14.7 Å². The number of aliphatic hydroxyl groups is 1. The molecule has 0 bridgehead atoms. The van der Waals surface area contributed by atoms with E-state index in [0.29, 0.717) is 30.9 Å². The first-order valence-corrected chi connectivity index (χ1v) is 12.2. The van der Waals surface area contributed by atoms with E-state index in [1.807, 2.05) is 61.5 Å². The Hall–Kier alpha value is -3.86. The fourth-order valence-electron chi connectivity index (χ4n) is 4.37. The second-order valence-corrected chi connectivity index (χ2v) is 8.70. The lowest BCUT2D eigenvalue weighted by atomic mass is 9.94. The first-order chi connectivity index (χ1) is 17.0. The van der Waals surface area contributed by atoms with Crippen LogP contribution >= 0.6 is 0 Å². The van der Waals surface area contributed by atoms with Crippen LogP contribution in [0.5, 0.6) is 5.75 Å². The van der Waals surface area contributed by atoms with Gasteiger partial charge in [0.2, 0.25) is 0 Å². The number of hydrogen-bond donors (Lipinski definition) is 1. The minimum absolute atomic E-state index is 0.120. The zero-order valence-electron chi connectivity index (χ0n) is 20.2. The Bertz CT molecular complexity index is 1200. The number of carbonyl (C=O) groups is 2. The largest absolute Gasteiger partial charge is 0.507 e. The van der Waals surface area contributed by atoms with Crippen LogP contribution in [0.25, 0.3) is 5.76 Å². The third-order valence-corrected chi connectivity index (χ3v) is 6.33. The molecule has 0 aliphatic carbocycles. The summed E-state index contributed by atoms with van der Waals surface area (Å²) >= 11 is 0. The number of amides is 1. The molecule has 0 saturated carbocycles. The molecule has 180 valence electrons. The van der Waals surface area contributed by atoms with Gasteiger partial charge in [-0.05, 0) is 60.2 Å². The third kappa shape index (κ3) is 5.29. The number of aliphatic hydroxyl groups excluding tert-OH is 1. The quantitative estimate of drug-likeness (QED) is 0.248. The van der Waals surface area contributed by atoms with E-state index in [1.54, 1.807) is 29.2 Å². The van der Waals surface area contributed by atoms with E-state index in [2.05, 4.69) is 6.92 Å². The van der Waals surface area contributed by atoms with Gasteiger partial charge in [-0.2, -0.15) is 0 Å². The van der Waals surface area contributed by atoms with Crippen molar-refractivity contribution < 1.29 is 19.4 Å². The van der Waals surface area contributed by atoms with Gasteiger partial charge in [0, 0.05) is 12.1 Å². The Labute approximate surface area is 206 Å². The van der Waals surface area contributed by atoms with E-state index in [1.165, 1.54) is 0 Å². The van der Waals surface area contributed by atoms with Gasteiger partial charge in [0.1, 0.15) is 11.5 Å². The fraction of sp³-hybridized carbons (Fsp3) is 0.267. The van der Waals surface area contributed by atoms with Crippen LogP contribution in [0.1, 0.15) is 48.6 Å². The number of carbonyl (C=O) groups excluding carboxylic acids is 2. The molecular weight excluding hydrogens is 438 g/mol. The number of hydrogen-bond acceptors (Lipinski definition) is 4. The van der Waals surface area contributed by atoms with Crippen LogP contribution in [-0.2, 0) is 22.4 Å². The maximum atomic E-state index is 13.2. The molecule has 5 heteroatoms. The van der Waals surface area contributed by atoms with Gasteiger partial charge in [-0.15, -0.1) is 0 Å². The Morgan fingerprint density at radius 2 is 1.57 bits per heavy atom. The van der Waals surface area contributed by atoms with Gasteiger partial charge in [-0.25, -0.2) is 0 Å². The van der Waals surface area contributed by atoms with E-state index in [4.69, 9.17) is 4.74 Å².